The molecule has 0 atom stereocenters. The van der Waals surface area contributed by atoms with E-state index in [4.69, 9.17) is 0 Å². The smallest absolute Gasteiger partial charge is 0.0674 e. The number of hydrogen-bond donors (Lipinski definition) is 0. The van der Waals surface area contributed by atoms with Crippen LogP contribution in [0.2, 0.25) is 0 Å². The molecule has 0 aromatic carbocycles. The van der Waals surface area contributed by atoms with E-state index in [2.05, 4.69) is 64.1 Å². The second kappa shape index (κ2) is 4.99. The summed E-state index contributed by atoms with van der Waals surface area (Å²) in [7, 11) is 0. The van der Waals surface area contributed by atoms with Crippen LogP contribution in [-0.4, -0.2) is 9.55 Å². The molecular formula is C17H26N2. The van der Waals surface area contributed by atoms with Crippen LogP contribution in [0.4, 0.5) is 0 Å². The zero-order valence-corrected chi connectivity index (χ0v) is 13.3. The summed E-state index contributed by atoms with van der Waals surface area (Å²) in [5, 5.41) is 1.39. The number of aromatic nitrogens is 2. The van der Waals surface area contributed by atoms with E-state index < -0.39 is 0 Å². The van der Waals surface area contributed by atoms with Crippen molar-refractivity contribution in [1.29, 1.82) is 0 Å². The molecule has 0 N–H and O–H groups in total. The number of fused-ring (bicyclic) bond motifs is 1. The Bertz CT molecular complexity index is 589. The van der Waals surface area contributed by atoms with Gasteiger partial charge in [0.25, 0.3) is 0 Å². The first-order chi connectivity index (χ1) is 8.84. The van der Waals surface area contributed by atoms with Crippen LogP contribution < -0.4 is 0 Å². The van der Waals surface area contributed by atoms with E-state index >= 15 is 0 Å². The van der Waals surface area contributed by atoms with Crippen molar-refractivity contribution in [2.24, 2.45) is 0 Å². The van der Waals surface area contributed by atoms with Crippen molar-refractivity contribution in [3.63, 3.8) is 0 Å². The van der Waals surface area contributed by atoms with E-state index in [1.165, 1.54) is 22.2 Å². The Balaban J connectivity index is 2.94. The average molecular weight is 258 g/mol. The minimum atomic E-state index is 0.469. The third-order valence-electron chi connectivity index (χ3n) is 3.75. The molecule has 0 saturated carbocycles. The van der Waals surface area contributed by atoms with Gasteiger partial charge in [0.05, 0.1) is 11.7 Å². The van der Waals surface area contributed by atoms with Gasteiger partial charge in [0.2, 0.25) is 0 Å². The lowest BCUT2D eigenvalue weighted by molar-refractivity contribution is 0.569. The van der Waals surface area contributed by atoms with Gasteiger partial charge in [-0.05, 0) is 44.2 Å². The standard InChI is InChI=1S/C17H26N2/c1-10(2)16-14-8-13(7)18-9-15(14)19(12(5)6)17(16)11(3)4/h8-12H,1-7H3. The molecule has 0 fully saturated rings. The van der Waals surface area contributed by atoms with E-state index in [0.29, 0.717) is 17.9 Å². The Kier molecular flexibility index (Phi) is 3.71. The van der Waals surface area contributed by atoms with Crippen molar-refractivity contribution >= 4 is 10.9 Å². The van der Waals surface area contributed by atoms with Gasteiger partial charge in [0, 0.05) is 22.8 Å². The minimum Gasteiger partial charge on any atom is -0.340 e. The predicted molar refractivity (Wildman–Crippen MR) is 83.0 cm³/mol. The van der Waals surface area contributed by atoms with Gasteiger partial charge < -0.3 is 4.57 Å². The predicted octanol–water partition coefficient (Wildman–Crippen LogP) is 5.17. The maximum absolute atomic E-state index is 4.50. The third-order valence-corrected chi connectivity index (χ3v) is 3.75. The molecule has 0 bridgehead atoms. The van der Waals surface area contributed by atoms with Crippen LogP contribution in [0, 0.1) is 6.92 Å². The zero-order chi connectivity index (χ0) is 14.3. The average Bonchev–Trinajstić information content (AvgIpc) is 2.62. The van der Waals surface area contributed by atoms with Crippen molar-refractivity contribution in [3.8, 4) is 0 Å². The van der Waals surface area contributed by atoms with Crippen molar-refractivity contribution in [2.45, 2.75) is 66.3 Å². The first-order valence-electron chi connectivity index (χ1n) is 7.34. The molecule has 0 aliphatic rings. The van der Waals surface area contributed by atoms with Gasteiger partial charge in [-0.15, -0.1) is 0 Å². The summed E-state index contributed by atoms with van der Waals surface area (Å²) in [6, 6.07) is 2.71. The summed E-state index contributed by atoms with van der Waals surface area (Å²) < 4.78 is 2.47. The molecule has 0 aliphatic heterocycles. The minimum absolute atomic E-state index is 0.469. The van der Waals surface area contributed by atoms with Gasteiger partial charge in [-0.1, -0.05) is 27.7 Å². The molecule has 2 rings (SSSR count). The van der Waals surface area contributed by atoms with Crippen molar-refractivity contribution < 1.29 is 0 Å². The molecule has 2 aromatic rings. The van der Waals surface area contributed by atoms with E-state index in [1.54, 1.807) is 0 Å². The fraction of sp³-hybridized carbons (Fsp3) is 0.588. The first kappa shape index (κ1) is 14.1. The maximum atomic E-state index is 4.50. The summed E-state index contributed by atoms with van der Waals surface area (Å²) in [5.74, 6) is 1.08. The highest BCUT2D eigenvalue weighted by Crippen LogP contribution is 2.37. The summed E-state index contributed by atoms with van der Waals surface area (Å²) in [5.41, 5.74) is 5.37. The Morgan fingerprint density at radius 1 is 1.00 bits per heavy atom. The van der Waals surface area contributed by atoms with E-state index in [1.807, 2.05) is 6.20 Å². The highest BCUT2D eigenvalue weighted by molar-refractivity contribution is 5.86. The number of nitrogens with zero attached hydrogens (tertiary/aromatic N) is 2. The number of pyridine rings is 1. The molecule has 2 heteroatoms. The quantitative estimate of drug-likeness (QED) is 0.742. The highest BCUT2D eigenvalue weighted by atomic mass is 15.0. The second-order valence-electron chi connectivity index (χ2n) is 6.41. The molecule has 19 heavy (non-hydrogen) atoms. The molecule has 2 heterocycles. The van der Waals surface area contributed by atoms with Gasteiger partial charge in [0.1, 0.15) is 0 Å². The SMILES string of the molecule is Cc1cc2c(C(C)C)c(C(C)C)n(C(C)C)c2cn1. The molecule has 0 unspecified atom stereocenters. The lowest BCUT2D eigenvalue weighted by atomic mass is 9.94. The summed E-state index contributed by atoms with van der Waals surface area (Å²) in [4.78, 5) is 4.50. The maximum Gasteiger partial charge on any atom is 0.0674 e. The molecule has 104 valence electrons. The summed E-state index contributed by atoms with van der Waals surface area (Å²) in [6.45, 7) is 15.8. The largest absolute Gasteiger partial charge is 0.340 e. The normalized spacial score (nSPS) is 12.3. The van der Waals surface area contributed by atoms with Crippen LogP contribution in [0.3, 0.4) is 0 Å². The van der Waals surface area contributed by atoms with Crippen LogP contribution in [0.1, 0.15) is 76.4 Å². The Morgan fingerprint density at radius 2 is 1.63 bits per heavy atom. The Labute approximate surface area is 116 Å². The first-order valence-corrected chi connectivity index (χ1v) is 7.34. The lowest BCUT2D eigenvalue weighted by Gasteiger charge is -2.19. The van der Waals surface area contributed by atoms with Crippen molar-refractivity contribution in [2.75, 3.05) is 0 Å². The summed E-state index contributed by atoms with van der Waals surface area (Å²) >= 11 is 0. The van der Waals surface area contributed by atoms with E-state index in [-0.39, 0.29) is 0 Å². The fourth-order valence-electron chi connectivity index (χ4n) is 3.11. The van der Waals surface area contributed by atoms with E-state index in [9.17, 15) is 0 Å². The van der Waals surface area contributed by atoms with Crippen LogP contribution in [0.15, 0.2) is 12.3 Å². The van der Waals surface area contributed by atoms with E-state index in [0.717, 1.165) is 5.69 Å². The van der Waals surface area contributed by atoms with Gasteiger partial charge in [-0.25, -0.2) is 0 Å². The lowest BCUT2D eigenvalue weighted by Crippen LogP contribution is -2.09. The van der Waals surface area contributed by atoms with Gasteiger partial charge in [-0.2, -0.15) is 0 Å². The second-order valence-corrected chi connectivity index (χ2v) is 6.41. The van der Waals surface area contributed by atoms with Crippen molar-refractivity contribution in [3.05, 3.63) is 29.2 Å². The molecule has 0 saturated heterocycles. The molecule has 2 aromatic heterocycles. The third kappa shape index (κ3) is 2.29. The van der Waals surface area contributed by atoms with Crippen LogP contribution >= 0.6 is 0 Å². The van der Waals surface area contributed by atoms with Crippen LogP contribution in [0.5, 0.6) is 0 Å². The molecular weight excluding hydrogens is 232 g/mol. The molecule has 0 radical (unpaired) electrons. The number of aryl methyl sites for hydroxylation is 1. The fourth-order valence-corrected chi connectivity index (χ4v) is 3.11. The number of hydrogen-bond acceptors (Lipinski definition) is 1. The topological polar surface area (TPSA) is 17.8 Å². The van der Waals surface area contributed by atoms with Crippen molar-refractivity contribution in [1.82, 2.24) is 9.55 Å². The Hall–Kier alpha value is -1.31. The zero-order valence-electron chi connectivity index (χ0n) is 13.3. The summed E-state index contributed by atoms with van der Waals surface area (Å²) in [6.07, 6.45) is 2.04. The molecule has 0 spiro atoms. The monoisotopic (exact) mass is 258 g/mol. The van der Waals surface area contributed by atoms with Gasteiger partial charge in [-0.3, -0.25) is 4.98 Å². The number of rotatable bonds is 3. The Morgan fingerprint density at radius 3 is 2.11 bits per heavy atom. The molecule has 0 amide bonds. The van der Waals surface area contributed by atoms with Gasteiger partial charge in [0.15, 0.2) is 0 Å². The van der Waals surface area contributed by atoms with Crippen LogP contribution in [-0.2, 0) is 0 Å². The molecule has 2 nitrogen and oxygen atoms in total. The highest BCUT2D eigenvalue weighted by Gasteiger charge is 2.22. The van der Waals surface area contributed by atoms with Gasteiger partial charge >= 0.3 is 0 Å². The molecule has 0 aliphatic carbocycles. The van der Waals surface area contributed by atoms with Crippen LogP contribution in [0.25, 0.3) is 10.9 Å².